The number of hydrogen-bond acceptors (Lipinski definition) is 3. The van der Waals surface area contributed by atoms with Crippen molar-refractivity contribution in [2.24, 2.45) is 5.92 Å². The molecule has 2 N–H and O–H groups in total. The van der Waals surface area contributed by atoms with E-state index in [0.29, 0.717) is 13.0 Å². The van der Waals surface area contributed by atoms with Crippen LogP contribution in [0.2, 0.25) is 0 Å². The number of benzene rings is 1. The summed E-state index contributed by atoms with van der Waals surface area (Å²) in [5.74, 6) is -0.313. The van der Waals surface area contributed by atoms with Gasteiger partial charge >= 0.3 is 5.97 Å². The normalized spacial score (nSPS) is 34.3. The monoisotopic (exact) mass is 379 g/mol. The zero-order valence-corrected chi connectivity index (χ0v) is 14.6. The number of anilines is 1. The first-order valence-electron chi connectivity index (χ1n) is 8.22. The maximum atomic E-state index is 12.9. The first-order valence-corrected chi connectivity index (χ1v) is 9.01. The van der Waals surface area contributed by atoms with Gasteiger partial charge in [-0.15, -0.1) is 0 Å². The van der Waals surface area contributed by atoms with E-state index in [4.69, 9.17) is 4.74 Å². The second-order valence-corrected chi connectivity index (χ2v) is 7.55. The van der Waals surface area contributed by atoms with Gasteiger partial charge in [0.2, 0.25) is 5.54 Å². The Kier molecular flexibility index (Phi) is 3.50. The van der Waals surface area contributed by atoms with Crippen molar-refractivity contribution >= 4 is 33.5 Å². The maximum absolute atomic E-state index is 12.9. The molecule has 23 heavy (non-hydrogen) atoms. The Labute approximate surface area is 143 Å². The summed E-state index contributed by atoms with van der Waals surface area (Å²) in [7, 11) is 0. The molecule has 0 aliphatic carbocycles. The van der Waals surface area contributed by atoms with Crippen LogP contribution in [0.15, 0.2) is 22.7 Å². The molecule has 4 rings (SSSR count). The van der Waals surface area contributed by atoms with Crippen LogP contribution in [-0.2, 0) is 19.9 Å². The van der Waals surface area contributed by atoms with Crippen molar-refractivity contribution in [1.29, 1.82) is 0 Å². The highest BCUT2D eigenvalue weighted by molar-refractivity contribution is 9.10. The molecule has 1 aromatic carbocycles. The molecule has 6 heteroatoms. The second kappa shape index (κ2) is 5.31. The molecule has 0 bridgehead atoms. The Morgan fingerprint density at radius 3 is 3.13 bits per heavy atom. The molecular weight excluding hydrogens is 360 g/mol. The standard InChI is InChI=1S/C17H19BrN2O3/c1-2-23-15(21)11-9-17(20-7-3-4-14(11)20)12-8-10(18)5-6-13(12)19-16(17)22/h5-6,8,11,14H,2-4,7,9H2,1H3,(H,19,22)/p+1/t11-,14-,17-/m1/s1. The summed E-state index contributed by atoms with van der Waals surface area (Å²) in [4.78, 5) is 26.6. The third kappa shape index (κ3) is 2.01. The maximum Gasteiger partial charge on any atom is 0.315 e. The number of nitrogens with one attached hydrogen (secondary N) is 2. The number of ether oxygens (including phenoxy) is 1. The van der Waals surface area contributed by atoms with Crippen LogP contribution < -0.4 is 10.2 Å². The molecule has 2 saturated heterocycles. The molecule has 1 aromatic rings. The van der Waals surface area contributed by atoms with Crippen LogP contribution in [0.25, 0.3) is 0 Å². The van der Waals surface area contributed by atoms with E-state index in [9.17, 15) is 9.59 Å². The van der Waals surface area contributed by atoms with Gasteiger partial charge in [-0.1, -0.05) is 15.9 Å². The van der Waals surface area contributed by atoms with Crippen molar-refractivity contribution in [3.8, 4) is 0 Å². The third-order valence-electron chi connectivity index (χ3n) is 5.64. The number of hydrogen-bond donors (Lipinski definition) is 2. The zero-order valence-electron chi connectivity index (χ0n) is 13.0. The fourth-order valence-corrected chi connectivity index (χ4v) is 5.16. The van der Waals surface area contributed by atoms with E-state index in [0.717, 1.165) is 35.1 Å². The van der Waals surface area contributed by atoms with Crippen molar-refractivity contribution in [3.63, 3.8) is 0 Å². The first-order chi connectivity index (χ1) is 11.1. The molecular formula is C17H20BrN2O3+. The molecule has 3 heterocycles. The van der Waals surface area contributed by atoms with Crippen LogP contribution in [-0.4, -0.2) is 31.1 Å². The minimum atomic E-state index is -0.641. The Hall–Kier alpha value is -1.40. The van der Waals surface area contributed by atoms with E-state index in [2.05, 4.69) is 21.2 Å². The zero-order chi connectivity index (χ0) is 16.2. The van der Waals surface area contributed by atoms with Crippen LogP contribution in [0, 0.1) is 5.92 Å². The van der Waals surface area contributed by atoms with E-state index in [1.165, 1.54) is 4.90 Å². The van der Waals surface area contributed by atoms with Gasteiger partial charge in [0.15, 0.2) is 0 Å². The number of amides is 1. The SMILES string of the molecule is CCOC(=O)[C@@H]1C[C@@]2(C(=O)Nc3ccc(Br)cc32)[NH+]2CCC[C@H]12. The molecule has 2 fully saturated rings. The van der Waals surface area contributed by atoms with Crippen molar-refractivity contribution in [2.75, 3.05) is 18.5 Å². The summed E-state index contributed by atoms with van der Waals surface area (Å²) < 4.78 is 6.25. The predicted molar refractivity (Wildman–Crippen MR) is 88.0 cm³/mol. The molecule has 122 valence electrons. The molecule has 5 nitrogen and oxygen atoms in total. The van der Waals surface area contributed by atoms with Gasteiger partial charge in [-0.05, 0) is 25.1 Å². The van der Waals surface area contributed by atoms with Gasteiger partial charge < -0.3 is 15.0 Å². The number of carbonyl (C=O) groups is 2. The van der Waals surface area contributed by atoms with E-state index in [-0.39, 0.29) is 23.8 Å². The molecule has 1 unspecified atom stereocenters. The lowest BCUT2D eigenvalue weighted by Crippen LogP contribution is -3.19. The lowest BCUT2D eigenvalue weighted by atomic mass is 9.84. The summed E-state index contributed by atoms with van der Waals surface area (Å²) in [5, 5.41) is 3.03. The molecule has 4 atom stereocenters. The summed E-state index contributed by atoms with van der Waals surface area (Å²) in [6, 6.07) is 6.09. The highest BCUT2D eigenvalue weighted by Crippen LogP contribution is 2.45. The van der Waals surface area contributed by atoms with E-state index in [1.807, 2.05) is 25.1 Å². The van der Waals surface area contributed by atoms with E-state index >= 15 is 0 Å². The van der Waals surface area contributed by atoms with Gasteiger partial charge in [-0.25, -0.2) is 0 Å². The average Bonchev–Trinajstić information content (AvgIpc) is 3.16. The fraction of sp³-hybridized carbons (Fsp3) is 0.529. The predicted octanol–water partition coefficient (Wildman–Crippen LogP) is 1.23. The first kappa shape index (κ1) is 15.1. The average molecular weight is 380 g/mol. The highest BCUT2D eigenvalue weighted by atomic mass is 79.9. The number of esters is 1. The van der Waals surface area contributed by atoms with Crippen molar-refractivity contribution < 1.29 is 19.2 Å². The molecule has 0 aromatic heterocycles. The number of rotatable bonds is 2. The minimum absolute atomic E-state index is 0.0271. The smallest absolute Gasteiger partial charge is 0.315 e. The van der Waals surface area contributed by atoms with Crippen LogP contribution in [0.1, 0.15) is 31.7 Å². The summed E-state index contributed by atoms with van der Waals surface area (Å²) in [5.41, 5.74) is 1.25. The molecule has 1 spiro atoms. The number of fused-ring (bicyclic) bond motifs is 4. The largest absolute Gasteiger partial charge is 0.466 e. The van der Waals surface area contributed by atoms with Gasteiger partial charge in [0.25, 0.3) is 5.91 Å². The molecule has 3 aliphatic heterocycles. The third-order valence-corrected chi connectivity index (χ3v) is 6.13. The molecule has 0 saturated carbocycles. The summed E-state index contributed by atoms with van der Waals surface area (Å²) >= 11 is 3.52. The number of halogens is 1. The van der Waals surface area contributed by atoms with Gasteiger partial charge in [0, 0.05) is 29.3 Å². The van der Waals surface area contributed by atoms with Gasteiger partial charge in [-0.3, -0.25) is 9.59 Å². The lowest BCUT2D eigenvalue weighted by molar-refractivity contribution is -0.947. The summed E-state index contributed by atoms with van der Waals surface area (Å²) in [6.07, 6.45) is 2.58. The lowest BCUT2D eigenvalue weighted by Gasteiger charge is -2.29. The van der Waals surface area contributed by atoms with Gasteiger partial charge in [0.1, 0.15) is 12.0 Å². The highest BCUT2D eigenvalue weighted by Gasteiger charge is 2.67. The van der Waals surface area contributed by atoms with E-state index in [1.54, 1.807) is 0 Å². The Balaban J connectivity index is 1.81. The minimum Gasteiger partial charge on any atom is -0.466 e. The topological polar surface area (TPSA) is 59.8 Å². The number of carbonyl (C=O) groups excluding carboxylic acids is 2. The fourth-order valence-electron chi connectivity index (χ4n) is 4.80. The molecule has 0 radical (unpaired) electrons. The quantitative estimate of drug-likeness (QED) is 0.759. The van der Waals surface area contributed by atoms with Crippen LogP contribution in [0.3, 0.4) is 0 Å². The van der Waals surface area contributed by atoms with Crippen LogP contribution >= 0.6 is 15.9 Å². The van der Waals surface area contributed by atoms with Gasteiger partial charge in [-0.2, -0.15) is 0 Å². The molecule has 3 aliphatic rings. The molecule has 1 amide bonds. The number of quaternary nitrogens is 1. The van der Waals surface area contributed by atoms with Crippen LogP contribution in [0.4, 0.5) is 5.69 Å². The van der Waals surface area contributed by atoms with Crippen molar-refractivity contribution in [2.45, 2.75) is 37.8 Å². The van der Waals surface area contributed by atoms with Crippen molar-refractivity contribution in [1.82, 2.24) is 0 Å². The van der Waals surface area contributed by atoms with E-state index < -0.39 is 5.54 Å². The van der Waals surface area contributed by atoms with Crippen molar-refractivity contribution in [3.05, 3.63) is 28.2 Å². The summed E-state index contributed by atoms with van der Waals surface area (Å²) in [6.45, 7) is 3.15. The Morgan fingerprint density at radius 2 is 2.35 bits per heavy atom. The Bertz CT molecular complexity index is 692. The van der Waals surface area contributed by atoms with Crippen LogP contribution in [0.5, 0.6) is 0 Å². The Morgan fingerprint density at radius 1 is 1.52 bits per heavy atom. The van der Waals surface area contributed by atoms with Gasteiger partial charge in [0.05, 0.1) is 18.8 Å². The second-order valence-electron chi connectivity index (χ2n) is 6.64.